The SMILES string of the molecule is CC(=O)COc1ccc(-c2ccccc2)cc1C=O. The van der Waals surface area contributed by atoms with Gasteiger partial charge in [-0.3, -0.25) is 9.59 Å². The zero-order valence-corrected chi connectivity index (χ0v) is 10.6. The van der Waals surface area contributed by atoms with Crippen LogP contribution in [0.25, 0.3) is 11.1 Å². The minimum Gasteiger partial charge on any atom is -0.485 e. The summed E-state index contributed by atoms with van der Waals surface area (Å²) in [5.41, 5.74) is 2.42. The minimum atomic E-state index is -0.0796. The van der Waals surface area contributed by atoms with Crippen molar-refractivity contribution in [3.63, 3.8) is 0 Å². The molecule has 3 heteroatoms. The van der Waals surface area contributed by atoms with Gasteiger partial charge in [-0.25, -0.2) is 0 Å². The number of rotatable bonds is 5. The van der Waals surface area contributed by atoms with Crippen LogP contribution in [0.15, 0.2) is 48.5 Å². The molecule has 0 N–H and O–H groups in total. The Bertz CT molecular complexity index is 588. The lowest BCUT2D eigenvalue weighted by molar-refractivity contribution is -0.118. The number of ketones is 1. The molecule has 0 fully saturated rings. The van der Waals surface area contributed by atoms with E-state index in [1.165, 1.54) is 6.92 Å². The van der Waals surface area contributed by atoms with Crippen molar-refractivity contribution in [3.05, 3.63) is 54.1 Å². The standard InChI is InChI=1S/C16H14O3/c1-12(18)11-19-16-8-7-14(9-15(16)10-17)13-5-3-2-4-6-13/h2-10H,11H2,1H3. The highest BCUT2D eigenvalue weighted by Gasteiger charge is 2.06. The third kappa shape index (κ3) is 3.28. The molecule has 2 aromatic rings. The molecule has 0 aliphatic carbocycles. The third-order valence-electron chi connectivity index (χ3n) is 2.67. The normalized spacial score (nSPS) is 9.95. The van der Waals surface area contributed by atoms with Gasteiger partial charge in [0.1, 0.15) is 12.4 Å². The lowest BCUT2D eigenvalue weighted by Gasteiger charge is -2.09. The van der Waals surface area contributed by atoms with Gasteiger partial charge in [0.15, 0.2) is 12.1 Å². The van der Waals surface area contributed by atoms with E-state index in [0.717, 1.165) is 17.4 Å². The maximum absolute atomic E-state index is 11.1. The number of benzene rings is 2. The van der Waals surface area contributed by atoms with Gasteiger partial charge in [-0.05, 0) is 30.2 Å². The van der Waals surface area contributed by atoms with E-state index in [0.29, 0.717) is 11.3 Å². The minimum absolute atomic E-state index is 0.0223. The molecule has 2 rings (SSSR count). The van der Waals surface area contributed by atoms with E-state index in [1.807, 2.05) is 36.4 Å². The molecule has 0 aliphatic rings. The van der Waals surface area contributed by atoms with Gasteiger partial charge in [-0.15, -0.1) is 0 Å². The van der Waals surface area contributed by atoms with Gasteiger partial charge in [-0.2, -0.15) is 0 Å². The monoisotopic (exact) mass is 254 g/mol. The summed E-state index contributed by atoms with van der Waals surface area (Å²) in [4.78, 5) is 22.0. The first-order valence-corrected chi connectivity index (χ1v) is 5.97. The van der Waals surface area contributed by atoms with E-state index in [9.17, 15) is 9.59 Å². The summed E-state index contributed by atoms with van der Waals surface area (Å²) < 4.78 is 5.30. The molecule has 19 heavy (non-hydrogen) atoms. The molecule has 0 spiro atoms. The lowest BCUT2D eigenvalue weighted by Crippen LogP contribution is -2.07. The summed E-state index contributed by atoms with van der Waals surface area (Å²) in [6.45, 7) is 1.42. The quantitative estimate of drug-likeness (QED) is 0.770. The number of ether oxygens (including phenoxy) is 1. The lowest BCUT2D eigenvalue weighted by atomic mass is 10.0. The summed E-state index contributed by atoms with van der Waals surface area (Å²) in [6, 6.07) is 15.1. The van der Waals surface area contributed by atoms with Crippen LogP contribution < -0.4 is 4.74 Å². The van der Waals surface area contributed by atoms with Crippen LogP contribution in [0.4, 0.5) is 0 Å². The van der Waals surface area contributed by atoms with Crippen molar-refractivity contribution in [2.24, 2.45) is 0 Å². The van der Waals surface area contributed by atoms with Crippen LogP contribution in [-0.4, -0.2) is 18.7 Å². The third-order valence-corrected chi connectivity index (χ3v) is 2.67. The second-order valence-electron chi connectivity index (χ2n) is 4.23. The van der Waals surface area contributed by atoms with Gasteiger partial charge < -0.3 is 4.74 Å². The Morgan fingerprint density at radius 3 is 2.47 bits per heavy atom. The first-order chi connectivity index (χ1) is 9.20. The Balaban J connectivity index is 2.31. The molecule has 2 aromatic carbocycles. The second kappa shape index (κ2) is 5.96. The highest BCUT2D eigenvalue weighted by atomic mass is 16.5. The van der Waals surface area contributed by atoms with Crippen molar-refractivity contribution >= 4 is 12.1 Å². The Hall–Kier alpha value is -2.42. The van der Waals surface area contributed by atoms with E-state index in [-0.39, 0.29) is 12.4 Å². The molecule has 0 bridgehead atoms. The Morgan fingerprint density at radius 1 is 1.11 bits per heavy atom. The number of carbonyl (C=O) groups is 2. The molecular formula is C16H14O3. The van der Waals surface area contributed by atoms with Crippen LogP contribution in [0.3, 0.4) is 0 Å². The maximum Gasteiger partial charge on any atom is 0.167 e. The highest BCUT2D eigenvalue weighted by Crippen LogP contribution is 2.25. The fraction of sp³-hybridized carbons (Fsp3) is 0.125. The van der Waals surface area contributed by atoms with E-state index in [1.54, 1.807) is 12.1 Å². The van der Waals surface area contributed by atoms with Crippen LogP contribution in [0.5, 0.6) is 5.75 Å². The summed E-state index contributed by atoms with van der Waals surface area (Å²) in [6.07, 6.45) is 0.738. The average Bonchev–Trinajstić information content (AvgIpc) is 2.45. The van der Waals surface area contributed by atoms with Crippen molar-refractivity contribution in [3.8, 4) is 16.9 Å². The van der Waals surface area contributed by atoms with Crippen LogP contribution in [0.2, 0.25) is 0 Å². The van der Waals surface area contributed by atoms with Gasteiger partial charge >= 0.3 is 0 Å². The Labute approximate surface area is 111 Å². The predicted octanol–water partition coefficient (Wildman–Crippen LogP) is 3.13. The molecule has 0 aromatic heterocycles. The zero-order valence-electron chi connectivity index (χ0n) is 10.6. The van der Waals surface area contributed by atoms with Crippen LogP contribution in [-0.2, 0) is 4.79 Å². The number of carbonyl (C=O) groups excluding carboxylic acids is 2. The van der Waals surface area contributed by atoms with Crippen molar-refractivity contribution in [1.82, 2.24) is 0 Å². The molecule has 0 heterocycles. The number of aldehydes is 1. The van der Waals surface area contributed by atoms with E-state index >= 15 is 0 Å². The molecule has 0 radical (unpaired) electrons. The molecule has 0 amide bonds. The summed E-state index contributed by atoms with van der Waals surface area (Å²) >= 11 is 0. The highest BCUT2D eigenvalue weighted by molar-refractivity contribution is 5.83. The van der Waals surface area contributed by atoms with E-state index in [2.05, 4.69) is 0 Å². The maximum atomic E-state index is 11.1. The fourth-order valence-electron chi connectivity index (χ4n) is 1.76. The molecule has 0 atom stereocenters. The van der Waals surface area contributed by atoms with Crippen molar-refractivity contribution in [1.29, 1.82) is 0 Å². The van der Waals surface area contributed by atoms with Crippen LogP contribution in [0, 0.1) is 0 Å². The largest absolute Gasteiger partial charge is 0.485 e. The number of Topliss-reactive ketones (excluding diaryl/α,β-unsaturated/α-hetero) is 1. The summed E-state index contributed by atoms with van der Waals surface area (Å²) in [5, 5.41) is 0. The first kappa shape index (κ1) is 13.0. The van der Waals surface area contributed by atoms with Crippen molar-refractivity contribution in [2.75, 3.05) is 6.61 Å². The van der Waals surface area contributed by atoms with E-state index in [4.69, 9.17) is 4.74 Å². The Kier molecular flexibility index (Phi) is 4.08. The topological polar surface area (TPSA) is 43.4 Å². The average molecular weight is 254 g/mol. The zero-order chi connectivity index (χ0) is 13.7. The van der Waals surface area contributed by atoms with Crippen LogP contribution in [0.1, 0.15) is 17.3 Å². The summed E-state index contributed by atoms with van der Waals surface area (Å²) in [7, 11) is 0. The first-order valence-electron chi connectivity index (χ1n) is 5.97. The molecule has 3 nitrogen and oxygen atoms in total. The van der Waals surface area contributed by atoms with Crippen molar-refractivity contribution < 1.29 is 14.3 Å². The van der Waals surface area contributed by atoms with Gasteiger partial charge in [-0.1, -0.05) is 36.4 Å². The van der Waals surface area contributed by atoms with Crippen molar-refractivity contribution in [2.45, 2.75) is 6.92 Å². The molecule has 0 saturated carbocycles. The predicted molar refractivity (Wildman–Crippen MR) is 73.4 cm³/mol. The molecule has 0 unspecified atom stereocenters. The molecule has 0 aliphatic heterocycles. The van der Waals surface area contributed by atoms with Gasteiger partial charge in [0.25, 0.3) is 0 Å². The fourth-order valence-corrected chi connectivity index (χ4v) is 1.76. The Morgan fingerprint density at radius 2 is 1.84 bits per heavy atom. The number of hydrogen-bond acceptors (Lipinski definition) is 3. The van der Waals surface area contributed by atoms with Gasteiger partial charge in [0, 0.05) is 0 Å². The molecular weight excluding hydrogens is 240 g/mol. The second-order valence-corrected chi connectivity index (χ2v) is 4.23. The van der Waals surface area contributed by atoms with E-state index < -0.39 is 0 Å². The molecule has 96 valence electrons. The summed E-state index contributed by atoms with van der Waals surface area (Å²) in [5.74, 6) is 0.355. The molecule has 0 saturated heterocycles. The number of hydrogen-bond donors (Lipinski definition) is 0. The van der Waals surface area contributed by atoms with Gasteiger partial charge in [0.2, 0.25) is 0 Å². The smallest absolute Gasteiger partial charge is 0.167 e. The van der Waals surface area contributed by atoms with Gasteiger partial charge in [0.05, 0.1) is 5.56 Å². The van der Waals surface area contributed by atoms with Crippen LogP contribution >= 0.6 is 0 Å².